The van der Waals surface area contributed by atoms with Crippen LogP contribution in [0.1, 0.15) is 11.5 Å². The first-order valence-electron chi connectivity index (χ1n) is 6.48. The highest BCUT2D eigenvalue weighted by molar-refractivity contribution is 14.1. The van der Waals surface area contributed by atoms with Crippen molar-refractivity contribution in [2.75, 3.05) is 13.2 Å². The topological polar surface area (TPSA) is 64.6 Å². The van der Waals surface area contributed by atoms with Gasteiger partial charge in [-0.2, -0.15) is 0 Å². The maximum atomic E-state index is 12.1. The number of ether oxygens (including phenoxy) is 2. The third-order valence-corrected chi connectivity index (χ3v) is 4.59. The van der Waals surface area contributed by atoms with Crippen LogP contribution in [0.2, 0.25) is 0 Å². The molecule has 5 nitrogen and oxygen atoms in total. The van der Waals surface area contributed by atoms with E-state index in [4.69, 9.17) is 9.47 Å². The van der Waals surface area contributed by atoms with E-state index in [1.165, 1.54) is 0 Å². The van der Waals surface area contributed by atoms with E-state index in [0.717, 1.165) is 20.5 Å². The molecule has 0 saturated carbocycles. The molecule has 1 N–H and O–H groups in total. The summed E-state index contributed by atoms with van der Waals surface area (Å²) in [5, 5.41) is 3.12. The molecule has 6 heteroatoms. The molecule has 0 aliphatic carbocycles. The molecule has 0 unspecified atom stereocenters. The van der Waals surface area contributed by atoms with Gasteiger partial charge in [-0.15, -0.1) is 0 Å². The highest BCUT2D eigenvalue weighted by Gasteiger charge is 2.44. The first-order valence-corrected chi connectivity index (χ1v) is 7.56. The Balaban J connectivity index is 1.89. The third kappa shape index (κ3) is 1.89. The number of cyclic esters (lactones) is 2. The second kappa shape index (κ2) is 4.59. The average Bonchev–Trinajstić information content (AvgIpc) is 3.03. The van der Waals surface area contributed by atoms with Crippen LogP contribution in [0.5, 0.6) is 0 Å². The summed E-state index contributed by atoms with van der Waals surface area (Å²) in [6.07, 6.45) is 0. The van der Waals surface area contributed by atoms with Crippen LogP contribution < -0.4 is 5.32 Å². The lowest BCUT2D eigenvalue weighted by Gasteiger charge is -2.24. The molecule has 0 bridgehead atoms. The summed E-state index contributed by atoms with van der Waals surface area (Å²) in [4.78, 5) is 24.1. The quantitative estimate of drug-likeness (QED) is 0.578. The molecule has 0 spiro atoms. The van der Waals surface area contributed by atoms with Gasteiger partial charge in [0.05, 0.1) is 28.5 Å². The van der Waals surface area contributed by atoms with Crippen LogP contribution in [-0.4, -0.2) is 25.2 Å². The fourth-order valence-corrected chi connectivity index (χ4v) is 3.30. The van der Waals surface area contributed by atoms with E-state index >= 15 is 0 Å². The molecular weight excluding hydrogens is 385 g/mol. The Morgan fingerprint density at radius 2 is 1.48 bits per heavy atom. The molecule has 3 heterocycles. The molecule has 1 aromatic rings. The van der Waals surface area contributed by atoms with Crippen molar-refractivity contribution < 1.29 is 19.1 Å². The van der Waals surface area contributed by atoms with Gasteiger partial charge < -0.3 is 14.8 Å². The summed E-state index contributed by atoms with van der Waals surface area (Å²) in [5.41, 5.74) is 3.42. The molecule has 0 aromatic heterocycles. The van der Waals surface area contributed by atoms with Gasteiger partial charge in [0, 0.05) is 3.57 Å². The van der Waals surface area contributed by atoms with Gasteiger partial charge in [-0.25, -0.2) is 9.59 Å². The lowest BCUT2D eigenvalue weighted by atomic mass is 9.81. The Morgan fingerprint density at radius 1 is 0.952 bits per heavy atom. The van der Waals surface area contributed by atoms with Crippen LogP contribution in [-0.2, 0) is 19.1 Å². The van der Waals surface area contributed by atoms with Crippen molar-refractivity contribution in [3.8, 4) is 0 Å². The van der Waals surface area contributed by atoms with Crippen LogP contribution in [0, 0.1) is 3.57 Å². The number of carbonyl (C=O) groups is 2. The Morgan fingerprint density at radius 3 is 2.00 bits per heavy atom. The standard InChI is InChI=1S/C15H10INO4/c16-8-3-1-7(2-4-8)11-12-9(5-20-14(12)18)17-10-6-21-15(19)13(10)11/h1-4,11,17H,5-6H2. The van der Waals surface area contributed by atoms with Crippen LogP contribution in [0.4, 0.5) is 0 Å². The first-order chi connectivity index (χ1) is 10.1. The van der Waals surface area contributed by atoms with Gasteiger partial charge in [0.2, 0.25) is 0 Å². The van der Waals surface area contributed by atoms with Crippen molar-refractivity contribution in [1.29, 1.82) is 0 Å². The number of hydrogen-bond acceptors (Lipinski definition) is 5. The van der Waals surface area contributed by atoms with Gasteiger partial charge in [0.25, 0.3) is 0 Å². The van der Waals surface area contributed by atoms with Crippen molar-refractivity contribution in [1.82, 2.24) is 5.32 Å². The van der Waals surface area contributed by atoms with Crippen LogP contribution in [0.15, 0.2) is 46.8 Å². The number of dihydropyridines is 1. The number of nitrogens with one attached hydrogen (secondary N) is 1. The SMILES string of the molecule is O=C1OCC2=C1C(c1ccc(I)cc1)C1=C(COC1=O)N2. The highest BCUT2D eigenvalue weighted by atomic mass is 127. The third-order valence-electron chi connectivity index (χ3n) is 3.87. The monoisotopic (exact) mass is 395 g/mol. The summed E-state index contributed by atoms with van der Waals surface area (Å²) in [5.74, 6) is -1.14. The normalized spacial score (nSPS) is 21.0. The zero-order valence-electron chi connectivity index (χ0n) is 10.8. The summed E-state index contributed by atoms with van der Waals surface area (Å²) >= 11 is 2.22. The van der Waals surface area contributed by atoms with E-state index in [0.29, 0.717) is 11.1 Å². The van der Waals surface area contributed by atoms with Crippen LogP contribution in [0.3, 0.4) is 0 Å². The largest absolute Gasteiger partial charge is 0.456 e. The summed E-state index contributed by atoms with van der Waals surface area (Å²) in [7, 11) is 0. The fourth-order valence-electron chi connectivity index (χ4n) is 2.94. The van der Waals surface area contributed by atoms with Crippen molar-refractivity contribution in [3.63, 3.8) is 0 Å². The average molecular weight is 395 g/mol. The van der Waals surface area contributed by atoms with E-state index < -0.39 is 5.92 Å². The zero-order chi connectivity index (χ0) is 14.6. The predicted molar refractivity (Wildman–Crippen MR) is 81.0 cm³/mol. The van der Waals surface area contributed by atoms with E-state index in [1.807, 2.05) is 24.3 Å². The van der Waals surface area contributed by atoms with Gasteiger partial charge in [0.15, 0.2) is 0 Å². The van der Waals surface area contributed by atoms with Crippen LogP contribution >= 0.6 is 22.6 Å². The summed E-state index contributed by atoms with van der Waals surface area (Å²) in [6, 6.07) is 7.78. The van der Waals surface area contributed by atoms with Crippen molar-refractivity contribution in [3.05, 3.63) is 55.9 Å². The highest BCUT2D eigenvalue weighted by Crippen LogP contribution is 2.43. The maximum Gasteiger partial charge on any atom is 0.337 e. The molecule has 0 amide bonds. The molecule has 1 aromatic carbocycles. The number of halogens is 1. The number of rotatable bonds is 1. The van der Waals surface area contributed by atoms with E-state index in [9.17, 15) is 9.59 Å². The van der Waals surface area contributed by atoms with Crippen molar-refractivity contribution in [2.24, 2.45) is 0 Å². The fraction of sp³-hybridized carbons (Fsp3) is 0.200. The molecule has 3 aliphatic heterocycles. The summed E-state index contributed by atoms with van der Waals surface area (Å²) in [6.45, 7) is 0.444. The molecular formula is C15H10INO4. The first kappa shape index (κ1) is 12.9. The molecule has 3 aliphatic rings. The van der Waals surface area contributed by atoms with Crippen molar-refractivity contribution >= 4 is 34.5 Å². The van der Waals surface area contributed by atoms with Gasteiger partial charge in [-0.1, -0.05) is 12.1 Å². The molecule has 0 atom stereocenters. The van der Waals surface area contributed by atoms with Crippen molar-refractivity contribution in [2.45, 2.75) is 5.92 Å². The number of hydrogen-bond donors (Lipinski definition) is 1. The van der Waals surface area contributed by atoms with Gasteiger partial charge in [-0.3, -0.25) is 0 Å². The molecule has 106 valence electrons. The van der Waals surface area contributed by atoms with E-state index in [-0.39, 0.29) is 25.2 Å². The lowest BCUT2D eigenvalue weighted by Crippen LogP contribution is -2.27. The molecule has 4 rings (SSSR count). The predicted octanol–water partition coefficient (Wildman–Crippen LogP) is 1.60. The Kier molecular flexibility index (Phi) is 2.81. The Bertz CT molecular complexity index is 693. The maximum absolute atomic E-state index is 12.1. The molecule has 0 saturated heterocycles. The number of esters is 2. The van der Waals surface area contributed by atoms with E-state index in [1.54, 1.807) is 0 Å². The smallest absolute Gasteiger partial charge is 0.337 e. The Labute approximate surface area is 134 Å². The minimum atomic E-state index is -0.404. The van der Waals surface area contributed by atoms with Gasteiger partial charge in [0.1, 0.15) is 13.2 Å². The number of carbonyl (C=O) groups excluding carboxylic acids is 2. The molecule has 0 radical (unpaired) electrons. The zero-order valence-corrected chi connectivity index (χ0v) is 13.0. The Hall–Kier alpha value is -1.83. The second-order valence-electron chi connectivity index (χ2n) is 5.05. The second-order valence-corrected chi connectivity index (χ2v) is 6.29. The number of benzene rings is 1. The van der Waals surface area contributed by atoms with Crippen LogP contribution in [0.25, 0.3) is 0 Å². The van der Waals surface area contributed by atoms with Gasteiger partial charge in [-0.05, 0) is 40.3 Å². The lowest BCUT2D eigenvalue weighted by molar-refractivity contribution is -0.136. The molecule has 21 heavy (non-hydrogen) atoms. The van der Waals surface area contributed by atoms with Gasteiger partial charge >= 0.3 is 11.9 Å². The summed E-state index contributed by atoms with van der Waals surface area (Å²) < 4.78 is 11.3. The minimum Gasteiger partial charge on any atom is -0.456 e. The van der Waals surface area contributed by atoms with E-state index in [2.05, 4.69) is 27.9 Å². The minimum absolute atomic E-state index is 0.222. The molecule has 0 fully saturated rings.